The van der Waals surface area contributed by atoms with Crippen LogP contribution in [0.3, 0.4) is 0 Å². The van der Waals surface area contributed by atoms with E-state index in [1.54, 1.807) is 11.9 Å². The fourth-order valence-electron chi connectivity index (χ4n) is 5.47. The topological polar surface area (TPSA) is 29.3 Å². The molecule has 110 valence electrons. The first-order chi connectivity index (χ1) is 8.97. The van der Waals surface area contributed by atoms with E-state index >= 15 is 0 Å². The molecule has 0 spiro atoms. The third kappa shape index (κ3) is 2.66. The van der Waals surface area contributed by atoms with Crippen molar-refractivity contribution in [3.05, 3.63) is 0 Å². The van der Waals surface area contributed by atoms with Crippen molar-refractivity contribution >= 4 is 0 Å². The highest BCUT2D eigenvalue weighted by Crippen LogP contribution is 2.60. The van der Waals surface area contributed by atoms with Crippen LogP contribution in [-0.4, -0.2) is 37.5 Å². The summed E-state index contributed by atoms with van der Waals surface area (Å²) in [4.78, 5) is 1.72. The summed E-state index contributed by atoms with van der Waals surface area (Å²) in [6, 6.07) is 0.0737. The quantitative estimate of drug-likeness (QED) is 0.834. The number of nitrogens with two attached hydrogens (primary N) is 1. The molecule has 1 unspecified atom stereocenters. The standard InChI is InChI=1S/C15H26F2N2/c1-19(9-14(16)17)8-13(18)15-5-10-2-11(6-15)4-12(3-10)7-15/h10-14H,2-9,18H2,1H3. The Labute approximate surface area is 114 Å². The molecule has 4 fully saturated rings. The predicted molar refractivity (Wildman–Crippen MR) is 72.1 cm³/mol. The second-order valence-corrected chi connectivity index (χ2v) is 7.50. The second kappa shape index (κ2) is 4.96. The molecule has 0 heterocycles. The maximum atomic E-state index is 12.4. The molecule has 4 aliphatic rings. The second-order valence-electron chi connectivity index (χ2n) is 7.50. The molecule has 0 aromatic carbocycles. The highest BCUT2D eigenvalue weighted by molar-refractivity contribution is 5.05. The molecule has 19 heavy (non-hydrogen) atoms. The van der Waals surface area contributed by atoms with Gasteiger partial charge in [0, 0.05) is 12.6 Å². The summed E-state index contributed by atoms with van der Waals surface area (Å²) in [5, 5.41) is 0. The molecule has 0 saturated heterocycles. The van der Waals surface area contributed by atoms with Crippen molar-refractivity contribution in [3.63, 3.8) is 0 Å². The van der Waals surface area contributed by atoms with Gasteiger partial charge in [0.15, 0.2) is 0 Å². The van der Waals surface area contributed by atoms with Crippen molar-refractivity contribution < 1.29 is 8.78 Å². The van der Waals surface area contributed by atoms with Crippen molar-refractivity contribution in [3.8, 4) is 0 Å². The Hall–Kier alpha value is -0.220. The van der Waals surface area contributed by atoms with E-state index in [1.165, 1.54) is 38.5 Å². The minimum atomic E-state index is -2.26. The van der Waals surface area contributed by atoms with E-state index < -0.39 is 6.43 Å². The molecule has 4 bridgehead atoms. The summed E-state index contributed by atoms with van der Waals surface area (Å²) >= 11 is 0. The fourth-order valence-corrected chi connectivity index (χ4v) is 5.47. The average Bonchev–Trinajstić information content (AvgIpc) is 2.25. The number of halogens is 2. The predicted octanol–water partition coefficient (Wildman–Crippen LogP) is 2.73. The van der Waals surface area contributed by atoms with Crippen LogP contribution in [0.15, 0.2) is 0 Å². The summed E-state index contributed by atoms with van der Waals surface area (Å²) in [5.41, 5.74) is 6.73. The lowest BCUT2D eigenvalue weighted by atomic mass is 9.48. The highest BCUT2D eigenvalue weighted by Gasteiger charge is 2.53. The van der Waals surface area contributed by atoms with Crippen LogP contribution in [0.25, 0.3) is 0 Å². The number of likely N-dealkylation sites (N-methyl/N-ethyl adjacent to an activating group) is 1. The zero-order valence-electron chi connectivity index (χ0n) is 11.8. The molecule has 4 saturated carbocycles. The molecule has 1 atom stereocenters. The number of hydrogen-bond donors (Lipinski definition) is 1. The van der Waals surface area contributed by atoms with Crippen LogP contribution in [0.1, 0.15) is 38.5 Å². The number of nitrogens with zero attached hydrogens (tertiary/aromatic N) is 1. The van der Waals surface area contributed by atoms with Gasteiger partial charge >= 0.3 is 0 Å². The van der Waals surface area contributed by atoms with Gasteiger partial charge in [-0.1, -0.05) is 0 Å². The minimum absolute atomic E-state index is 0.0737. The molecular weight excluding hydrogens is 246 g/mol. The minimum Gasteiger partial charge on any atom is -0.326 e. The van der Waals surface area contributed by atoms with Crippen molar-refractivity contribution in [1.29, 1.82) is 0 Å². The number of rotatable bonds is 5. The summed E-state index contributed by atoms with van der Waals surface area (Å²) in [6.07, 6.45) is 5.71. The smallest absolute Gasteiger partial charge is 0.251 e. The molecule has 0 aromatic rings. The van der Waals surface area contributed by atoms with Crippen LogP contribution in [-0.2, 0) is 0 Å². The van der Waals surface area contributed by atoms with Gasteiger partial charge in [0.2, 0.25) is 0 Å². The van der Waals surface area contributed by atoms with Crippen molar-refractivity contribution in [1.82, 2.24) is 4.90 Å². The van der Waals surface area contributed by atoms with Gasteiger partial charge in [-0.2, -0.15) is 0 Å². The molecule has 2 nitrogen and oxygen atoms in total. The lowest BCUT2D eigenvalue weighted by Crippen LogP contribution is -2.57. The Kier molecular flexibility index (Phi) is 3.59. The monoisotopic (exact) mass is 272 g/mol. The maximum Gasteiger partial charge on any atom is 0.251 e. The Bertz CT molecular complexity index is 297. The zero-order chi connectivity index (χ0) is 13.6. The van der Waals surface area contributed by atoms with Gasteiger partial charge in [0.1, 0.15) is 0 Å². The molecule has 0 amide bonds. The van der Waals surface area contributed by atoms with Gasteiger partial charge in [-0.3, -0.25) is 4.90 Å². The van der Waals surface area contributed by atoms with Crippen molar-refractivity contribution in [2.75, 3.05) is 20.1 Å². The number of hydrogen-bond acceptors (Lipinski definition) is 2. The molecule has 4 rings (SSSR count). The van der Waals surface area contributed by atoms with E-state index in [2.05, 4.69) is 0 Å². The Morgan fingerprint density at radius 2 is 1.53 bits per heavy atom. The van der Waals surface area contributed by atoms with E-state index in [4.69, 9.17) is 5.73 Å². The third-order valence-corrected chi connectivity index (χ3v) is 5.83. The maximum absolute atomic E-state index is 12.4. The van der Waals surface area contributed by atoms with E-state index in [0.717, 1.165) is 17.8 Å². The molecule has 0 aliphatic heterocycles. The summed E-state index contributed by atoms with van der Waals surface area (Å²) in [7, 11) is 1.77. The molecule has 0 aromatic heterocycles. The van der Waals surface area contributed by atoms with Gasteiger partial charge in [-0.25, -0.2) is 8.78 Å². The first kappa shape index (κ1) is 13.7. The largest absolute Gasteiger partial charge is 0.326 e. The average molecular weight is 272 g/mol. The third-order valence-electron chi connectivity index (χ3n) is 5.83. The first-order valence-corrected chi connectivity index (χ1v) is 7.69. The van der Waals surface area contributed by atoms with Gasteiger partial charge in [-0.15, -0.1) is 0 Å². The van der Waals surface area contributed by atoms with Crippen LogP contribution in [0.2, 0.25) is 0 Å². The van der Waals surface area contributed by atoms with Crippen LogP contribution >= 0.6 is 0 Å². The molecule has 0 radical (unpaired) electrons. The van der Waals surface area contributed by atoms with Crippen LogP contribution in [0.5, 0.6) is 0 Å². The van der Waals surface area contributed by atoms with E-state index in [1.807, 2.05) is 0 Å². The first-order valence-electron chi connectivity index (χ1n) is 7.69. The van der Waals surface area contributed by atoms with Crippen molar-refractivity contribution in [2.24, 2.45) is 28.9 Å². The Morgan fingerprint density at radius 3 is 1.95 bits per heavy atom. The zero-order valence-corrected chi connectivity index (χ0v) is 11.8. The fraction of sp³-hybridized carbons (Fsp3) is 1.00. The lowest BCUT2D eigenvalue weighted by molar-refractivity contribution is -0.0719. The lowest BCUT2D eigenvalue weighted by Gasteiger charge is -2.59. The summed E-state index contributed by atoms with van der Waals surface area (Å²) in [5.74, 6) is 2.62. The Morgan fingerprint density at radius 1 is 1.05 bits per heavy atom. The van der Waals surface area contributed by atoms with Gasteiger partial charge in [0.05, 0.1) is 6.54 Å². The van der Waals surface area contributed by atoms with Gasteiger partial charge < -0.3 is 5.73 Å². The SMILES string of the molecule is CN(CC(F)F)CC(N)C12CC3CC(CC(C3)C1)C2. The molecule has 4 heteroatoms. The van der Waals surface area contributed by atoms with E-state index in [0.29, 0.717) is 6.54 Å². The normalized spacial score (nSPS) is 42.3. The van der Waals surface area contributed by atoms with Crippen LogP contribution in [0, 0.1) is 23.2 Å². The summed E-state index contributed by atoms with van der Waals surface area (Å²) < 4.78 is 24.8. The number of alkyl halides is 2. The molecule has 4 aliphatic carbocycles. The molecule has 2 N–H and O–H groups in total. The van der Waals surface area contributed by atoms with E-state index in [9.17, 15) is 8.78 Å². The van der Waals surface area contributed by atoms with Crippen LogP contribution in [0.4, 0.5) is 8.78 Å². The van der Waals surface area contributed by atoms with E-state index in [-0.39, 0.29) is 18.0 Å². The highest BCUT2D eigenvalue weighted by atomic mass is 19.3. The van der Waals surface area contributed by atoms with Crippen LogP contribution < -0.4 is 5.73 Å². The van der Waals surface area contributed by atoms with Gasteiger partial charge in [0.25, 0.3) is 6.43 Å². The van der Waals surface area contributed by atoms with Gasteiger partial charge in [-0.05, 0) is 68.7 Å². The summed E-state index contributed by atoms with van der Waals surface area (Å²) in [6.45, 7) is 0.469. The Balaban J connectivity index is 1.64. The van der Waals surface area contributed by atoms with Crippen molar-refractivity contribution in [2.45, 2.75) is 51.0 Å². The molecular formula is C15H26F2N2.